The van der Waals surface area contributed by atoms with E-state index in [9.17, 15) is 4.79 Å². The molecular weight excluding hydrogens is 176 g/mol. The van der Waals surface area contributed by atoms with Crippen molar-refractivity contribution in [3.63, 3.8) is 0 Å². The summed E-state index contributed by atoms with van der Waals surface area (Å²) in [6, 6.07) is 5.87. The summed E-state index contributed by atoms with van der Waals surface area (Å²) in [5, 5.41) is 0. The molecule has 1 aliphatic rings. The summed E-state index contributed by atoms with van der Waals surface area (Å²) in [6.45, 7) is 3.95. The van der Waals surface area contributed by atoms with Gasteiger partial charge in [-0.15, -0.1) is 0 Å². The number of methoxy groups -OCH3 is 1. The summed E-state index contributed by atoms with van der Waals surface area (Å²) in [4.78, 5) is 11.8. The molecule has 2 rings (SSSR count). The van der Waals surface area contributed by atoms with Crippen LogP contribution in [-0.4, -0.2) is 12.9 Å². The van der Waals surface area contributed by atoms with E-state index in [1.165, 1.54) is 0 Å². The predicted molar refractivity (Wildman–Crippen MR) is 54.7 cm³/mol. The second-order valence-corrected chi connectivity index (χ2v) is 4.21. The maximum atomic E-state index is 11.8. The molecule has 1 aromatic carbocycles. The number of hydrogen-bond acceptors (Lipinski definition) is 2. The molecule has 1 aromatic rings. The summed E-state index contributed by atoms with van der Waals surface area (Å²) < 4.78 is 5.25. The Morgan fingerprint density at radius 1 is 1.36 bits per heavy atom. The highest BCUT2D eigenvalue weighted by Gasteiger charge is 2.39. The first-order valence-electron chi connectivity index (χ1n) is 4.77. The second-order valence-electron chi connectivity index (χ2n) is 4.21. The Labute approximate surface area is 83.9 Å². The van der Waals surface area contributed by atoms with Crippen LogP contribution in [0.1, 0.15) is 25.0 Å². The van der Waals surface area contributed by atoms with E-state index < -0.39 is 0 Å². The van der Waals surface area contributed by atoms with Gasteiger partial charge in [0.15, 0.2) is 0 Å². The Morgan fingerprint density at radius 2 is 2.07 bits per heavy atom. The molecule has 2 nitrogen and oxygen atoms in total. The average Bonchev–Trinajstić information content (AvgIpc) is 2.39. The minimum absolute atomic E-state index is 0.275. The van der Waals surface area contributed by atoms with Crippen molar-refractivity contribution in [1.29, 1.82) is 0 Å². The smallest absolute Gasteiger partial charge is 0.147 e. The molecule has 0 heterocycles. The van der Waals surface area contributed by atoms with Crippen molar-refractivity contribution >= 4 is 5.78 Å². The second kappa shape index (κ2) is 2.84. The van der Waals surface area contributed by atoms with Crippen molar-refractivity contribution in [2.75, 3.05) is 7.11 Å². The van der Waals surface area contributed by atoms with E-state index in [2.05, 4.69) is 0 Å². The molecule has 0 radical (unpaired) electrons. The van der Waals surface area contributed by atoms with Crippen LogP contribution in [0.2, 0.25) is 0 Å². The number of carbonyl (C=O) groups excluding carboxylic acids is 1. The van der Waals surface area contributed by atoms with Gasteiger partial charge in [0.05, 0.1) is 7.11 Å². The zero-order valence-electron chi connectivity index (χ0n) is 8.76. The van der Waals surface area contributed by atoms with E-state index in [-0.39, 0.29) is 11.2 Å². The van der Waals surface area contributed by atoms with Gasteiger partial charge in [-0.2, -0.15) is 0 Å². The molecule has 0 amide bonds. The first-order valence-corrected chi connectivity index (χ1v) is 4.77. The number of rotatable bonds is 1. The van der Waals surface area contributed by atoms with Crippen LogP contribution in [0, 0.1) is 0 Å². The van der Waals surface area contributed by atoms with Gasteiger partial charge in [-0.05, 0) is 25.5 Å². The van der Waals surface area contributed by atoms with Crippen LogP contribution in [0.15, 0.2) is 18.2 Å². The van der Waals surface area contributed by atoms with Gasteiger partial charge in [-0.25, -0.2) is 0 Å². The zero-order valence-corrected chi connectivity index (χ0v) is 8.76. The van der Waals surface area contributed by atoms with Gasteiger partial charge in [0.2, 0.25) is 0 Å². The molecule has 0 unspecified atom stereocenters. The van der Waals surface area contributed by atoms with Crippen molar-refractivity contribution in [2.45, 2.75) is 25.7 Å². The Balaban J connectivity index is 2.63. The molecule has 0 saturated carbocycles. The molecule has 0 N–H and O–H groups in total. The van der Waals surface area contributed by atoms with Gasteiger partial charge in [0.1, 0.15) is 11.5 Å². The number of fused-ring (bicyclic) bond motifs is 1. The Morgan fingerprint density at radius 3 is 2.71 bits per heavy atom. The van der Waals surface area contributed by atoms with Crippen molar-refractivity contribution in [1.82, 2.24) is 0 Å². The molecule has 2 heteroatoms. The maximum Gasteiger partial charge on any atom is 0.147 e. The summed E-state index contributed by atoms with van der Waals surface area (Å²) in [5.74, 6) is 1.11. The highest BCUT2D eigenvalue weighted by atomic mass is 16.5. The van der Waals surface area contributed by atoms with E-state index in [1.54, 1.807) is 7.11 Å². The minimum atomic E-state index is -0.343. The van der Waals surface area contributed by atoms with Gasteiger partial charge in [0.25, 0.3) is 0 Å². The van der Waals surface area contributed by atoms with Crippen LogP contribution in [-0.2, 0) is 16.6 Å². The first kappa shape index (κ1) is 9.25. The molecule has 0 fully saturated rings. The lowest BCUT2D eigenvalue weighted by Crippen LogP contribution is -2.23. The number of hydrogen-bond donors (Lipinski definition) is 0. The molecule has 1 aliphatic carbocycles. The van der Waals surface area contributed by atoms with E-state index in [1.807, 2.05) is 32.0 Å². The van der Waals surface area contributed by atoms with Gasteiger partial charge < -0.3 is 4.74 Å². The summed E-state index contributed by atoms with van der Waals surface area (Å²) in [6.07, 6.45) is 0.506. The molecule has 0 atom stereocenters. The number of Topliss-reactive ketones (excluding diaryl/α,β-unsaturated/α-hetero) is 1. The number of ketones is 1. The number of ether oxygens (including phenoxy) is 1. The Hall–Kier alpha value is -1.31. The molecule has 0 aromatic heterocycles. The van der Waals surface area contributed by atoms with Gasteiger partial charge in [-0.3, -0.25) is 4.79 Å². The molecule has 0 aliphatic heterocycles. The highest BCUT2D eigenvalue weighted by molar-refractivity contribution is 5.96. The number of benzene rings is 1. The Kier molecular flexibility index (Phi) is 1.88. The molecular formula is C12H14O2. The van der Waals surface area contributed by atoms with Crippen LogP contribution in [0.25, 0.3) is 0 Å². The number of carbonyl (C=O) groups is 1. The highest BCUT2D eigenvalue weighted by Crippen LogP contribution is 2.39. The van der Waals surface area contributed by atoms with Crippen LogP contribution in [0.5, 0.6) is 5.75 Å². The van der Waals surface area contributed by atoms with E-state index in [0.29, 0.717) is 6.42 Å². The molecule has 0 saturated heterocycles. The fourth-order valence-electron chi connectivity index (χ4n) is 2.06. The average molecular weight is 190 g/mol. The summed E-state index contributed by atoms with van der Waals surface area (Å²) in [5.41, 5.74) is 1.83. The van der Waals surface area contributed by atoms with Crippen molar-refractivity contribution in [2.24, 2.45) is 0 Å². The SMILES string of the molecule is COc1cccc2c1CC(=O)C2(C)C. The third kappa shape index (κ3) is 1.07. The first-order chi connectivity index (χ1) is 6.57. The third-order valence-electron chi connectivity index (χ3n) is 3.06. The van der Waals surface area contributed by atoms with Crippen LogP contribution >= 0.6 is 0 Å². The Bertz CT molecular complexity index is 391. The fraction of sp³-hybridized carbons (Fsp3) is 0.417. The zero-order chi connectivity index (χ0) is 10.3. The molecule has 14 heavy (non-hydrogen) atoms. The lowest BCUT2D eigenvalue weighted by molar-refractivity contribution is -0.121. The van der Waals surface area contributed by atoms with Crippen LogP contribution in [0.3, 0.4) is 0 Å². The predicted octanol–water partition coefficient (Wildman–Crippen LogP) is 2.10. The normalized spacial score (nSPS) is 18.1. The van der Waals surface area contributed by atoms with Crippen LogP contribution in [0.4, 0.5) is 0 Å². The van der Waals surface area contributed by atoms with Crippen molar-refractivity contribution in [3.8, 4) is 5.75 Å². The topological polar surface area (TPSA) is 26.3 Å². The quantitative estimate of drug-likeness (QED) is 0.677. The summed E-state index contributed by atoms with van der Waals surface area (Å²) >= 11 is 0. The van der Waals surface area contributed by atoms with E-state index >= 15 is 0 Å². The van der Waals surface area contributed by atoms with Crippen molar-refractivity contribution < 1.29 is 9.53 Å². The standard InChI is InChI=1S/C12H14O2/c1-12(2)9-5-4-6-10(14-3)8(9)7-11(12)13/h4-6H,7H2,1-3H3. The van der Waals surface area contributed by atoms with Crippen LogP contribution < -0.4 is 4.74 Å². The molecule has 0 bridgehead atoms. The van der Waals surface area contributed by atoms with E-state index in [0.717, 1.165) is 16.9 Å². The third-order valence-corrected chi connectivity index (χ3v) is 3.06. The lowest BCUT2D eigenvalue weighted by atomic mass is 9.86. The maximum absolute atomic E-state index is 11.8. The monoisotopic (exact) mass is 190 g/mol. The molecule has 74 valence electrons. The molecule has 0 spiro atoms. The van der Waals surface area contributed by atoms with Gasteiger partial charge in [0, 0.05) is 17.4 Å². The fourth-order valence-corrected chi connectivity index (χ4v) is 2.06. The minimum Gasteiger partial charge on any atom is -0.496 e. The van der Waals surface area contributed by atoms with Crippen molar-refractivity contribution in [3.05, 3.63) is 29.3 Å². The lowest BCUT2D eigenvalue weighted by Gasteiger charge is -2.17. The van der Waals surface area contributed by atoms with Gasteiger partial charge in [-0.1, -0.05) is 12.1 Å². The van der Waals surface area contributed by atoms with E-state index in [4.69, 9.17) is 4.74 Å². The summed E-state index contributed by atoms with van der Waals surface area (Å²) in [7, 11) is 1.64. The largest absolute Gasteiger partial charge is 0.496 e. The van der Waals surface area contributed by atoms with Gasteiger partial charge >= 0.3 is 0 Å².